The molecule has 2 unspecified atom stereocenters. The van der Waals surface area contributed by atoms with Crippen LogP contribution in [0, 0.1) is 5.92 Å². The molecule has 1 saturated heterocycles. The van der Waals surface area contributed by atoms with Crippen molar-refractivity contribution in [3.8, 4) is 0 Å². The number of hydrogen-bond donors (Lipinski definition) is 1. The largest absolute Gasteiger partial charge is 0.478 e. The summed E-state index contributed by atoms with van der Waals surface area (Å²) in [7, 11) is 0. The molecule has 4 nitrogen and oxygen atoms in total. The molecule has 0 radical (unpaired) electrons. The molecule has 0 aromatic rings. The van der Waals surface area contributed by atoms with E-state index in [2.05, 4.69) is 20.4 Å². The molecule has 1 aliphatic rings. The van der Waals surface area contributed by atoms with E-state index >= 15 is 0 Å². The molecule has 1 fully saturated rings. The van der Waals surface area contributed by atoms with Gasteiger partial charge in [0.05, 0.1) is 13.2 Å². The van der Waals surface area contributed by atoms with E-state index in [-0.39, 0.29) is 5.57 Å². The zero-order valence-electron chi connectivity index (χ0n) is 12.5. The number of carbonyl (C=O) groups is 1. The molecule has 1 N–H and O–H groups in total. The highest BCUT2D eigenvalue weighted by atomic mass is 16.6. The van der Waals surface area contributed by atoms with Crippen LogP contribution in [0.3, 0.4) is 0 Å². The normalized spacial score (nSPS) is 18.2. The molecule has 0 aliphatic carbocycles. The maximum atomic E-state index is 9.60. The number of ether oxygens (including phenoxy) is 2. The van der Waals surface area contributed by atoms with E-state index < -0.39 is 5.97 Å². The van der Waals surface area contributed by atoms with Crippen molar-refractivity contribution in [2.45, 2.75) is 52.6 Å². The van der Waals surface area contributed by atoms with Gasteiger partial charge in [-0.1, -0.05) is 39.7 Å². The minimum absolute atomic E-state index is 0.176. The first kappa shape index (κ1) is 18.1. The lowest BCUT2D eigenvalue weighted by Crippen LogP contribution is -2.11. The Morgan fingerprint density at radius 1 is 1.53 bits per heavy atom. The van der Waals surface area contributed by atoms with Crippen molar-refractivity contribution < 1.29 is 19.4 Å². The van der Waals surface area contributed by atoms with Crippen LogP contribution in [0.15, 0.2) is 12.2 Å². The number of hydrogen-bond acceptors (Lipinski definition) is 3. The first-order valence-corrected chi connectivity index (χ1v) is 7.09. The third-order valence-electron chi connectivity index (χ3n) is 2.97. The molecule has 2 atom stereocenters. The lowest BCUT2D eigenvalue weighted by atomic mass is 10.0. The van der Waals surface area contributed by atoms with Gasteiger partial charge >= 0.3 is 5.97 Å². The monoisotopic (exact) mass is 272 g/mol. The number of aliphatic carboxylic acids is 1. The highest BCUT2D eigenvalue weighted by Gasteiger charge is 2.22. The van der Waals surface area contributed by atoms with Gasteiger partial charge in [-0.2, -0.15) is 0 Å². The van der Waals surface area contributed by atoms with Gasteiger partial charge in [-0.3, -0.25) is 0 Å². The second-order valence-corrected chi connectivity index (χ2v) is 4.99. The third-order valence-corrected chi connectivity index (χ3v) is 2.97. The maximum absolute atomic E-state index is 9.60. The number of carboxylic acids is 1. The fourth-order valence-electron chi connectivity index (χ4n) is 1.43. The molecule has 0 spiro atoms. The van der Waals surface area contributed by atoms with E-state index in [1.54, 1.807) is 0 Å². The number of carboxylic acid groups (broad SMARTS) is 1. The first-order valence-electron chi connectivity index (χ1n) is 7.09. The third kappa shape index (κ3) is 11.9. The fraction of sp³-hybridized carbons (Fsp3) is 0.800. The minimum atomic E-state index is -0.935. The van der Waals surface area contributed by atoms with Crippen molar-refractivity contribution in [2.75, 3.05) is 19.8 Å². The first-order chi connectivity index (χ1) is 9.01. The molecule has 1 rings (SSSR count). The van der Waals surface area contributed by atoms with Crippen LogP contribution in [0.2, 0.25) is 0 Å². The van der Waals surface area contributed by atoms with E-state index in [1.165, 1.54) is 32.6 Å². The summed E-state index contributed by atoms with van der Waals surface area (Å²) in [5.41, 5.74) is 0.176. The van der Waals surface area contributed by atoms with E-state index in [9.17, 15) is 4.79 Å². The summed E-state index contributed by atoms with van der Waals surface area (Å²) in [5.74, 6) is -0.172. The summed E-state index contributed by atoms with van der Waals surface area (Å²) < 4.78 is 10.7. The van der Waals surface area contributed by atoms with Crippen LogP contribution in [0.5, 0.6) is 0 Å². The van der Waals surface area contributed by atoms with Crippen molar-refractivity contribution in [2.24, 2.45) is 5.92 Å². The van der Waals surface area contributed by atoms with E-state index in [1.807, 2.05) is 0 Å². The zero-order chi connectivity index (χ0) is 14.7. The molecule has 0 bridgehead atoms. The maximum Gasteiger partial charge on any atom is 0.330 e. The number of rotatable bonds is 9. The summed E-state index contributed by atoms with van der Waals surface area (Å²) in [5, 5.41) is 7.89. The molecule has 0 amide bonds. The molecular formula is C15H28O4. The molecule has 1 heterocycles. The quantitative estimate of drug-likeness (QED) is 0.517. The Hall–Kier alpha value is -0.870. The molecule has 0 aromatic heterocycles. The summed E-state index contributed by atoms with van der Waals surface area (Å²) in [6, 6.07) is 0. The zero-order valence-corrected chi connectivity index (χ0v) is 12.5. The topological polar surface area (TPSA) is 59.1 Å². The van der Waals surface area contributed by atoms with Gasteiger partial charge in [-0.05, 0) is 19.3 Å². The van der Waals surface area contributed by atoms with Crippen molar-refractivity contribution in [3.05, 3.63) is 12.2 Å². The standard InChI is InChI=1S/C11H22O2.C4H6O2/c1-3-5-6-10(4-2)7-12-8-11-9-13-11;1-3(2)4(5)6/h10-11H,3-9H2,1-2H3;1H2,2H3,(H,5,6). The van der Waals surface area contributed by atoms with E-state index in [0.717, 1.165) is 25.7 Å². The summed E-state index contributed by atoms with van der Waals surface area (Å²) >= 11 is 0. The molecule has 4 heteroatoms. The Kier molecular flexibility index (Phi) is 10.5. The summed E-state index contributed by atoms with van der Waals surface area (Å²) in [4.78, 5) is 9.60. The Morgan fingerprint density at radius 3 is 2.47 bits per heavy atom. The van der Waals surface area contributed by atoms with Crippen LogP contribution in [0.25, 0.3) is 0 Å². The highest BCUT2D eigenvalue weighted by Crippen LogP contribution is 2.14. The van der Waals surface area contributed by atoms with Crippen molar-refractivity contribution in [1.29, 1.82) is 0 Å². The Morgan fingerprint density at radius 2 is 2.11 bits per heavy atom. The minimum Gasteiger partial charge on any atom is -0.478 e. The Labute approximate surface area is 116 Å². The van der Waals surface area contributed by atoms with Gasteiger partial charge in [0.1, 0.15) is 6.10 Å². The smallest absolute Gasteiger partial charge is 0.330 e. The van der Waals surface area contributed by atoms with Crippen LogP contribution in [0.1, 0.15) is 46.5 Å². The lowest BCUT2D eigenvalue weighted by molar-refractivity contribution is -0.132. The van der Waals surface area contributed by atoms with Crippen LogP contribution >= 0.6 is 0 Å². The summed E-state index contributed by atoms with van der Waals surface area (Å²) in [6.07, 6.45) is 5.61. The molecule has 19 heavy (non-hydrogen) atoms. The van der Waals surface area contributed by atoms with Crippen LogP contribution in [-0.4, -0.2) is 37.0 Å². The van der Waals surface area contributed by atoms with Gasteiger partial charge in [-0.25, -0.2) is 4.79 Å². The van der Waals surface area contributed by atoms with Gasteiger partial charge in [-0.15, -0.1) is 0 Å². The van der Waals surface area contributed by atoms with Crippen molar-refractivity contribution in [3.63, 3.8) is 0 Å². The van der Waals surface area contributed by atoms with E-state index in [0.29, 0.717) is 6.10 Å². The lowest BCUT2D eigenvalue weighted by Gasteiger charge is -2.13. The SMILES string of the molecule is C=C(C)C(=O)O.CCCCC(CC)COCC1CO1. The van der Waals surface area contributed by atoms with Gasteiger partial charge in [0.15, 0.2) is 0 Å². The van der Waals surface area contributed by atoms with Gasteiger partial charge in [0, 0.05) is 12.2 Å². The summed E-state index contributed by atoms with van der Waals surface area (Å²) in [6.45, 7) is 11.7. The predicted octanol–water partition coefficient (Wildman–Crippen LogP) is 3.27. The van der Waals surface area contributed by atoms with E-state index in [4.69, 9.17) is 14.6 Å². The number of epoxide rings is 1. The van der Waals surface area contributed by atoms with Crippen molar-refractivity contribution in [1.82, 2.24) is 0 Å². The van der Waals surface area contributed by atoms with Gasteiger partial charge in [0.2, 0.25) is 0 Å². The molecule has 0 aromatic carbocycles. The second kappa shape index (κ2) is 11.0. The molecule has 1 aliphatic heterocycles. The molecular weight excluding hydrogens is 244 g/mol. The van der Waals surface area contributed by atoms with Crippen LogP contribution < -0.4 is 0 Å². The van der Waals surface area contributed by atoms with Crippen molar-refractivity contribution >= 4 is 5.97 Å². The number of unbranched alkanes of at least 4 members (excludes halogenated alkanes) is 1. The van der Waals surface area contributed by atoms with Gasteiger partial charge < -0.3 is 14.6 Å². The average Bonchev–Trinajstić information content (AvgIpc) is 3.18. The van der Waals surface area contributed by atoms with Crippen LogP contribution in [0.4, 0.5) is 0 Å². The average molecular weight is 272 g/mol. The van der Waals surface area contributed by atoms with Crippen LogP contribution in [-0.2, 0) is 14.3 Å². The molecule has 0 saturated carbocycles. The second-order valence-electron chi connectivity index (χ2n) is 4.99. The predicted molar refractivity (Wildman–Crippen MR) is 76.3 cm³/mol. The Bertz CT molecular complexity index is 247. The Balaban J connectivity index is 0.000000459. The fourth-order valence-corrected chi connectivity index (χ4v) is 1.43. The highest BCUT2D eigenvalue weighted by molar-refractivity contribution is 5.84. The van der Waals surface area contributed by atoms with Gasteiger partial charge in [0.25, 0.3) is 0 Å². The molecule has 112 valence electrons.